The second kappa shape index (κ2) is 3.36. The first kappa shape index (κ1) is 7.34. The summed E-state index contributed by atoms with van der Waals surface area (Å²) in [6, 6.07) is 1.50. The highest BCUT2D eigenvalue weighted by molar-refractivity contribution is 7.83. The highest BCUT2D eigenvalue weighted by Crippen LogP contribution is 1.93. The van der Waals surface area contributed by atoms with E-state index in [1.807, 2.05) is 0 Å². The Morgan fingerprint density at radius 1 is 2.00 bits per heavy atom. The Balaban J connectivity index is 4.20. The summed E-state index contributed by atoms with van der Waals surface area (Å²) in [6.07, 6.45) is 1.24. The van der Waals surface area contributed by atoms with E-state index in [2.05, 4.69) is 0 Å². The normalized spacial score (nSPS) is 14.9. The van der Waals surface area contributed by atoms with Crippen molar-refractivity contribution in [2.45, 2.75) is 6.92 Å². The van der Waals surface area contributed by atoms with E-state index >= 15 is 0 Å². The zero-order chi connectivity index (χ0) is 6.57. The highest BCUT2D eigenvalue weighted by atomic mass is 32.2. The molecule has 0 saturated carbocycles. The van der Waals surface area contributed by atoms with E-state index in [-0.39, 0.29) is 4.91 Å². The summed E-state index contributed by atoms with van der Waals surface area (Å²) in [5.41, 5.74) is 0. The van der Waals surface area contributed by atoms with Gasteiger partial charge < -0.3 is 4.55 Å². The number of hydrogen-bond donors (Lipinski definition) is 0. The van der Waals surface area contributed by atoms with Crippen LogP contribution < -0.4 is 0 Å². The van der Waals surface area contributed by atoms with Gasteiger partial charge in [0.15, 0.2) is 0 Å². The molecule has 0 fully saturated rings. The Kier molecular flexibility index (Phi) is 3.08. The molecule has 0 aliphatic rings. The Morgan fingerprint density at radius 2 is 2.50 bits per heavy atom. The molecule has 44 valence electrons. The maximum Gasteiger partial charge on any atom is 0.107 e. The number of nitriles is 1. The van der Waals surface area contributed by atoms with Crippen molar-refractivity contribution in [2.24, 2.45) is 0 Å². The Hall–Kier alpha value is -0.660. The second-order valence-corrected chi connectivity index (χ2v) is 1.91. The van der Waals surface area contributed by atoms with Crippen molar-refractivity contribution in [3.63, 3.8) is 0 Å². The molecular weight excluding hydrogens is 126 g/mol. The minimum atomic E-state index is -2.35. The molecule has 0 N–H and O–H groups in total. The topological polar surface area (TPSA) is 63.9 Å². The molecule has 0 rings (SSSR count). The summed E-state index contributed by atoms with van der Waals surface area (Å²) in [5, 5.41) is 7.99. The van der Waals surface area contributed by atoms with Crippen molar-refractivity contribution < 1.29 is 8.76 Å². The predicted octanol–water partition coefficient (Wildman–Crippen LogP) is 0.293. The van der Waals surface area contributed by atoms with Crippen LogP contribution in [0.15, 0.2) is 11.0 Å². The van der Waals surface area contributed by atoms with Gasteiger partial charge in [-0.15, -0.1) is 0 Å². The molecule has 0 aliphatic heterocycles. The minimum absolute atomic E-state index is 0.218. The summed E-state index contributed by atoms with van der Waals surface area (Å²) in [4.78, 5) is -0.218. The summed E-state index contributed by atoms with van der Waals surface area (Å²) in [7, 11) is 0. The summed E-state index contributed by atoms with van der Waals surface area (Å²) in [5.74, 6) is 0. The van der Waals surface area contributed by atoms with Gasteiger partial charge in [-0.2, -0.15) is 5.26 Å². The molecule has 0 aromatic heterocycles. The molecule has 0 saturated heterocycles. The monoisotopic (exact) mass is 130 g/mol. The van der Waals surface area contributed by atoms with Crippen LogP contribution in [-0.4, -0.2) is 8.76 Å². The molecule has 0 heterocycles. The van der Waals surface area contributed by atoms with Gasteiger partial charge in [0, 0.05) is 0 Å². The first-order chi connectivity index (χ1) is 3.72. The first-order valence-corrected chi connectivity index (χ1v) is 2.95. The van der Waals surface area contributed by atoms with Gasteiger partial charge in [-0.3, -0.25) is 4.21 Å². The van der Waals surface area contributed by atoms with Gasteiger partial charge in [0.2, 0.25) is 0 Å². The van der Waals surface area contributed by atoms with Gasteiger partial charge >= 0.3 is 0 Å². The number of rotatable bonds is 1. The van der Waals surface area contributed by atoms with E-state index in [1.165, 1.54) is 19.1 Å². The number of allylic oxidation sites excluding steroid dienone is 2. The number of hydrogen-bond acceptors (Lipinski definition) is 3. The zero-order valence-corrected chi connectivity index (χ0v) is 5.07. The molecule has 1 atom stereocenters. The van der Waals surface area contributed by atoms with E-state index in [0.29, 0.717) is 0 Å². The molecule has 1 unspecified atom stereocenters. The Morgan fingerprint density at radius 3 is 2.50 bits per heavy atom. The molecule has 3 nitrogen and oxygen atoms in total. The molecule has 0 amide bonds. The lowest BCUT2D eigenvalue weighted by Crippen LogP contribution is -1.87. The van der Waals surface area contributed by atoms with E-state index < -0.39 is 11.1 Å². The van der Waals surface area contributed by atoms with Gasteiger partial charge in [-0.25, -0.2) is 0 Å². The van der Waals surface area contributed by atoms with E-state index in [9.17, 15) is 8.76 Å². The van der Waals surface area contributed by atoms with Crippen LogP contribution in [0, 0.1) is 11.3 Å². The zero-order valence-electron chi connectivity index (χ0n) is 4.25. The molecule has 8 heavy (non-hydrogen) atoms. The van der Waals surface area contributed by atoms with Crippen LogP contribution in [0.5, 0.6) is 0 Å². The van der Waals surface area contributed by atoms with Gasteiger partial charge in [-0.05, 0) is 18.0 Å². The van der Waals surface area contributed by atoms with E-state index in [0.717, 1.165) is 0 Å². The summed E-state index contributed by atoms with van der Waals surface area (Å²) in [6.45, 7) is 1.49. The molecule has 0 aromatic carbocycles. The molecule has 0 bridgehead atoms. The van der Waals surface area contributed by atoms with Crippen LogP contribution in [-0.2, 0) is 11.1 Å². The van der Waals surface area contributed by atoms with Crippen molar-refractivity contribution in [1.82, 2.24) is 0 Å². The Bertz CT molecular complexity index is 167. The molecule has 0 spiro atoms. The lowest BCUT2D eigenvalue weighted by Gasteiger charge is -1.97. The average Bonchev–Trinajstić information content (AvgIpc) is 1.69. The van der Waals surface area contributed by atoms with Crippen LogP contribution >= 0.6 is 0 Å². The Labute approximate surface area is 49.9 Å². The van der Waals surface area contributed by atoms with Crippen molar-refractivity contribution in [2.75, 3.05) is 0 Å². The molecular formula is C4H4NO2S-. The predicted molar refractivity (Wildman–Crippen MR) is 28.3 cm³/mol. The maximum atomic E-state index is 9.87. The highest BCUT2D eigenvalue weighted by Gasteiger charge is 1.87. The smallest absolute Gasteiger partial charge is 0.107 e. The van der Waals surface area contributed by atoms with Gasteiger partial charge in [0.05, 0.1) is 4.91 Å². The van der Waals surface area contributed by atoms with Crippen LogP contribution in [0.1, 0.15) is 6.92 Å². The third-order valence-corrected chi connectivity index (χ3v) is 1.24. The molecule has 0 radical (unpaired) electrons. The minimum Gasteiger partial charge on any atom is -0.768 e. The lowest BCUT2D eigenvalue weighted by molar-refractivity contribution is 0.545. The fraction of sp³-hybridized carbons (Fsp3) is 0.250. The van der Waals surface area contributed by atoms with Crippen LogP contribution in [0.2, 0.25) is 0 Å². The van der Waals surface area contributed by atoms with Gasteiger partial charge in [0.25, 0.3) is 0 Å². The van der Waals surface area contributed by atoms with E-state index in [4.69, 9.17) is 5.26 Å². The second-order valence-electron chi connectivity index (χ2n) is 0.999. The number of nitrogens with zero attached hydrogens (tertiary/aromatic N) is 1. The molecule has 0 aliphatic carbocycles. The van der Waals surface area contributed by atoms with Crippen molar-refractivity contribution >= 4 is 11.1 Å². The fourth-order valence-corrected chi connectivity index (χ4v) is 0.465. The van der Waals surface area contributed by atoms with E-state index in [1.54, 1.807) is 0 Å². The summed E-state index contributed by atoms with van der Waals surface area (Å²) >= 11 is -2.35. The first-order valence-electron chi connectivity index (χ1n) is 1.88. The quantitative estimate of drug-likeness (QED) is 0.378. The summed E-state index contributed by atoms with van der Waals surface area (Å²) < 4.78 is 19.7. The van der Waals surface area contributed by atoms with Crippen molar-refractivity contribution in [1.29, 1.82) is 5.26 Å². The van der Waals surface area contributed by atoms with Crippen LogP contribution in [0.4, 0.5) is 0 Å². The SMILES string of the molecule is CC=C(C#N)S(=O)[O-]. The molecule has 4 heteroatoms. The third-order valence-electron chi connectivity index (χ3n) is 0.552. The lowest BCUT2D eigenvalue weighted by atomic mass is 10.6. The van der Waals surface area contributed by atoms with Gasteiger partial charge in [0.1, 0.15) is 6.07 Å². The fourth-order valence-electron chi connectivity index (χ4n) is 0.198. The van der Waals surface area contributed by atoms with Crippen LogP contribution in [0.3, 0.4) is 0 Å². The largest absolute Gasteiger partial charge is 0.768 e. The van der Waals surface area contributed by atoms with Crippen molar-refractivity contribution in [3.05, 3.63) is 11.0 Å². The molecule has 0 aromatic rings. The van der Waals surface area contributed by atoms with Crippen LogP contribution in [0.25, 0.3) is 0 Å². The third kappa shape index (κ3) is 1.87. The van der Waals surface area contributed by atoms with Crippen molar-refractivity contribution in [3.8, 4) is 6.07 Å². The standard InChI is InChI=1S/C4H5NO2S/c1-2-4(3-5)8(6)7/h2H,1H3,(H,6,7)/p-1. The van der Waals surface area contributed by atoms with Gasteiger partial charge in [-0.1, -0.05) is 6.08 Å². The maximum absolute atomic E-state index is 9.87. The average molecular weight is 130 g/mol.